The quantitative estimate of drug-likeness (QED) is 0.659. The van der Waals surface area contributed by atoms with Gasteiger partial charge in [0.15, 0.2) is 0 Å². The Hall–Kier alpha value is -3.08. The highest BCUT2D eigenvalue weighted by Crippen LogP contribution is 2.25. The van der Waals surface area contributed by atoms with Crippen LogP contribution in [-0.4, -0.2) is 40.7 Å². The molecule has 1 saturated heterocycles. The van der Waals surface area contributed by atoms with Crippen LogP contribution >= 0.6 is 0 Å². The zero-order valence-corrected chi connectivity index (χ0v) is 16.3. The minimum atomic E-state index is 0.0434. The highest BCUT2D eigenvalue weighted by Gasteiger charge is 2.18. The van der Waals surface area contributed by atoms with E-state index in [9.17, 15) is 4.79 Å². The first-order valence-corrected chi connectivity index (χ1v) is 9.85. The fourth-order valence-electron chi connectivity index (χ4n) is 3.79. The number of para-hydroxylation sites is 1. The normalized spacial score (nSPS) is 13.7. The molecule has 0 bridgehead atoms. The van der Waals surface area contributed by atoms with Gasteiger partial charge in [-0.2, -0.15) is 5.10 Å². The van der Waals surface area contributed by atoms with Gasteiger partial charge < -0.3 is 9.80 Å². The van der Waals surface area contributed by atoms with Crippen LogP contribution in [0.3, 0.4) is 0 Å². The van der Waals surface area contributed by atoms with E-state index in [1.165, 1.54) is 24.1 Å². The molecular formula is C23H26N4O. The molecular weight excluding hydrogens is 348 g/mol. The Bertz CT molecular complexity index is 912. The summed E-state index contributed by atoms with van der Waals surface area (Å²) in [6.45, 7) is 3.53. The largest absolute Gasteiger partial charge is 0.371 e. The van der Waals surface area contributed by atoms with Gasteiger partial charge in [0.05, 0.1) is 6.54 Å². The Kier molecular flexibility index (Phi) is 5.42. The molecule has 5 heteroatoms. The van der Waals surface area contributed by atoms with Crippen LogP contribution in [0.5, 0.6) is 0 Å². The summed E-state index contributed by atoms with van der Waals surface area (Å²) in [5, 5.41) is 4.22. The highest BCUT2D eigenvalue weighted by molar-refractivity contribution is 5.94. The van der Waals surface area contributed by atoms with Gasteiger partial charge in [0.2, 0.25) is 0 Å². The Morgan fingerprint density at radius 1 is 1.04 bits per heavy atom. The number of benzene rings is 2. The predicted octanol–water partition coefficient (Wildman–Crippen LogP) is 3.80. The van der Waals surface area contributed by atoms with Gasteiger partial charge in [-0.3, -0.25) is 9.48 Å². The number of hydrogen-bond acceptors (Lipinski definition) is 3. The number of anilines is 1. The van der Waals surface area contributed by atoms with Crippen LogP contribution in [0, 0.1) is 0 Å². The van der Waals surface area contributed by atoms with Gasteiger partial charge in [0, 0.05) is 50.3 Å². The summed E-state index contributed by atoms with van der Waals surface area (Å²) < 4.78 is 1.87. The van der Waals surface area contributed by atoms with Crippen LogP contribution in [0.4, 0.5) is 5.69 Å². The molecule has 1 aromatic heterocycles. The number of aromatic nitrogens is 2. The van der Waals surface area contributed by atoms with Gasteiger partial charge in [-0.05, 0) is 48.2 Å². The second-order valence-electron chi connectivity index (χ2n) is 7.38. The molecule has 0 aliphatic carbocycles. The lowest BCUT2D eigenvalue weighted by molar-refractivity contribution is 0.0785. The smallest absolute Gasteiger partial charge is 0.253 e. The Morgan fingerprint density at radius 2 is 1.79 bits per heavy atom. The molecule has 0 radical (unpaired) electrons. The Labute approximate surface area is 166 Å². The maximum atomic E-state index is 12.9. The van der Waals surface area contributed by atoms with Crippen LogP contribution in [0.1, 0.15) is 34.3 Å². The zero-order valence-electron chi connectivity index (χ0n) is 16.3. The summed E-state index contributed by atoms with van der Waals surface area (Å²) in [7, 11) is 1.88. The van der Waals surface area contributed by atoms with E-state index in [-0.39, 0.29) is 5.91 Å². The summed E-state index contributed by atoms with van der Waals surface area (Å²) in [4.78, 5) is 17.1. The van der Waals surface area contributed by atoms with Crippen molar-refractivity contribution in [1.82, 2.24) is 14.7 Å². The number of nitrogens with zero attached hydrogens (tertiary/aromatic N) is 4. The van der Waals surface area contributed by atoms with Gasteiger partial charge in [0.1, 0.15) is 0 Å². The predicted molar refractivity (Wildman–Crippen MR) is 111 cm³/mol. The van der Waals surface area contributed by atoms with Crippen molar-refractivity contribution in [2.45, 2.75) is 25.9 Å². The van der Waals surface area contributed by atoms with Gasteiger partial charge in [-0.1, -0.05) is 30.3 Å². The van der Waals surface area contributed by atoms with E-state index < -0.39 is 0 Å². The molecule has 1 fully saturated rings. The molecule has 0 atom stereocenters. The van der Waals surface area contributed by atoms with Crippen LogP contribution in [0.25, 0.3) is 0 Å². The first kappa shape index (κ1) is 18.3. The molecule has 2 heterocycles. The Morgan fingerprint density at radius 3 is 2.50 bits per heavy atom. The minimum absolute atomic E-state index is 0.0434. The molecule has 1 aliphatic rings. The van der Waals surface area contributed by atoms with Crippen molar-refractivity contribution in [2.24, 2.45) is 0 Å². The van der Waals surface area contributed by atoms with E-state index >= 15 is 0 Å². The van der Waals surface area contributed by atoms with Crippen molar-refractivity contribution < 1.29 is 4.79 Å². The summed E-state index contributed by atoms with van der Waals surface area (Å²) in [5.41, 5.74) is 4.30. The molecule has 28 heavy (non-hydrogen) atoms. The standard InChI is InChI=1S/C23H26N4O/c1-25(18-21-7-2-3-8-22(21)26-14-4-5-15-26)23(28)20-11-9-19(10-12-20)17-27-16-6-13-24-27/h2-3,6-13,16H,4-5,14-15,17-18H2,1H3. The third kappa shape index (κ3) is 4.09. The molecule has 1 aliphatic heterocycles. The van der Waals surface area contributed by atoms with Crippen LogP contribution in [0.2, 0.25) is 0 Å². The summed E-state index contributed by atoms with van der Waals surface area (Å²) >= 11 is 0. The van der Waals surface area contributed by atoms with Crippen molar-refractivity contribution in [2.75, 3.05) is 25.0 Å². The van der Waals surface area contributed by atoms with Crippen LogP contribution in [-0.2, 0) is 13.1 Å². The first-order chi connectivity index (χ1) is 13.7. The maximum Gasteiger partial charge on any atom is 0.253 e. The maximum absolute atomic E-state index is 12.9. The Balaban J connectivity index is 1.44. The van der Waals surface area contributed by atoms with Gasteiger partial charge in [0.25, 0.3) is 5.91 Å². The third-order valence-corrected chi connectivity index (χ3v) is 5.30. The van der Waals surface area contributed by atoms with Crippen molar-refractivity contribution >= 4 is 11.6 Å². The van der Waals surface area contributed by atoms with Crippen molar-refractivity contribution in [3.8, 4) is 0 Å². The van der Waals surface area contributed by atoms with Gasteiger partial charge in [-0.25, -0.2) is 0 Å². The minimum Gasteiger partial charge on any atom is -0.371 e. The highest BCUT2D eigenvalue weighted by atomic mass is 16.2. The van der Waals surface area contributed by atoms with Crippen molar-refractivity contribution in [3.63, 3.8) is 0 Å². The van der Waals surface area contributed by atoms with E-state index in [0.717, 1.165) is 18.7 Å². The molecule has 0 spiro atoms. The number of carbonyl (C=O) groups excluding carboxylic acids is 1. The molecule has 0 saturated carbocycles. The average Bonchev–Trinajstić information content (AvgIpc) is 3.43. The lowest BCUT2D eigenvalue weighted by atomic mass is 10.1. The number of carbonyl (C=O) groups is 1. The fraction of sp³-hybridized carbons (Fsp3) is 0.304. The molecule has 0 unspecified atom stereocenters. The average molecular weight is 374 g/mol. The zero-order chi connectivity index (χ0) is 19.3. The van der Waals surface area contributed by atoms with E-state index in [2.05, 4.69) is 34.3 Å². The molecule has 144 valence electrons. The number of hydrogen-bond donors (Lipinski definition) is 0. The molecule has 5 nitrogen and oxygen atoms in total. The van der Waals surface area contributed by atoms with Crippen molar-refractivity contribution in [1.29, 1.82) is 0 Å². The summed E-state index contributed by atoms with van der Waals surface area (Å²) in [5.74, 6) is 0.0434. The molecule has 0 N–H and O–H groups in total. The second kappa shape index (κ2) is 8.30. The lowest BCUT2D eigenvalue weighted by Gasteiger charge is -2.24. The van der Waals surface area contributed by atoms with E-state index in [4.69, 9.17) is 0 Å². The van der Waals surface area contributed by atoms with Crippen LogP contribution < -0.4 is 4.90 Å². The second-order valence-corrected chi connectivity index (χ2v) is 7.38. The monoisotopic (exact) mass is 374 g/mol. The summed E-state index contributed by atoms with van der Waals surface area (Å²) in [6.07, 6.45) is 6.19. The first-order valence-electron chi connectivity index (χ1n) is 9.85. The van der Waals surface area contributed by atoms with Crippen molar-refractivity contribution in [3.05, 3.63) is 83.7 Å². The third-order valence-electron chi connectivity index (χ3n) is 5.30. The SMILES string of the molecule is CN(Cc1ccccc1N1CCCC1)C(=O)c1ccc(Cn2cccn2)cc1. The van der Waals surface area contributed by atoms with E-state index in [1.807, 2.05) is 48.3 Å². The van der Waals surface area contributed by atoms with E-state index in [1.54, 1.807) is 11.1 Å². The number of rotatable bonds is 6. The topological polar surface area (TPSA) is 41.4 Å². The number of amides is 1. The fourth-order valence-corrected chi connectivity index (χ4v) is 3.79. The van der Waals surface area contributed by atoms with Gasteiger partial charge >= 0.3 is 0 Å². The van der Waals surface area contributed by atoms with Crippen LogP contribution in [0.15, 0.2) is 67.0 Å². The molecule has 2 aromatic carbocycles. The molecule has 4 rings (SSSR count). The van der Waals surface area contributed by atoms with E-state index in [0.29, 0.717) is 18.7 Å². The summed E-state index contributed by atoms with van der Waals surface area (Å²) in [6, 6.07) is 18.2. The molecule has 3 aromatic rings. The molecule has 1 amide bonds. The lowest BCUT2D eigenvalue weighted by Crippen LogP contribution is -2.28. The van der Waals surface area contributed by atoms with Gasteiger partial charge in [-0.15, -0.1) is 0 Å².